The first-order valence-electron chi connectivity index (χ1n) is 5.25. The molecular formula is C11H16N2O4. The van der Waals surface area contributed by atoms with Crippen molar-refractivity contribution in [2.45, 2.75) is 26.2 Å². The van der Waals surface area contributed by atoms with Crippen molar-refractivity contribution in [1.29, 1.82) is 0 Å². The summed E-state index contributed by atoms with van der Waals surface area (Å²) in [6.07, 6.45) is -0.131. The zero-order valence-corrected chi connectivity index (χ0v) is 10.4. The molecule has 1 atom stereocenters. The highest BCUT2D eigenvalue weighted by atomic mass is 16.4. The summed E-state index contributed by atoms with van der Waals surface area (Å²) in [6.45, 7) is 3.32. The summed E-state index contributed by atoms with van der Waals surface area (Å²) in [4.78, 5) is 34.2. The van der Waals surface area contributed by atoms with E-state index < -0.39 is 23.1 Å². The van der Waals surface area contributed by atoms with Gasteiger partial charge in [-0.15, -0.1) is 0 Å². The number of carboxylic acids is 1. The van der Waals surface area contributed by atoms with Gasteiger partial charge in [-0.1, -0.05) is 6.92 Å². The number of aliphatic carboxylic acids is 1. The SMILES string of the molecule is Cc1c(C(C)CC(=O)O)c(=O)n(C)c(=O)n1C. The largest absolute Gasteiger partial charge is 0.481 e. The van der Waals surface area contributed by atoms with E-state index >= 15 is 0 Å². The maximum absolute atomic E-state index is 11.9. The van der Waals surface area contributed by atoms with Gasteiger partial charge in [0, 0.05) is 25.4 Å². The summed E-state index contributed by atoms with van der Waals surface area (Å²) in [5, 5.41) is 8.74. The fourth-order valence-electron chi connectivity index (χ4n) is 1.90. The van der Waals surface area contributed by atoms with E-state index in [1.165, 1.54) is 11.6 Å². The molecular weight excluding hydrogens is 224 g/mol. The molecule has 1 unspecified atom stereocenters. The molecule has 0 aliphatic heterocycles. The molecule has 0 bridgehead atoms. The van der Waals surface area contributed by atoms with Crippen LogP contribution in [0.2, 0.25) is 0 Å². The van der Waals surface area contributed by atoms with Crippen LogP contribution in [0.15, 0.2) is 9.59 Å². The van der Waals surface area contributed by atoms with Gasteiger partial charge in [-0.3, -0.25) is 14.2 Å². The van der Waals surface area contributed by atoms with Crippen molar-refractivity contribution >= 4 is 5.97 Å². The molecule has 0 radical (unpaired) electrons. The molecule has 6 heteroatoms. The van der Waals surface area contributed by atoms with E-state index in [0.29, 0.717) is 11.3 Å². The van der Waals surface area contributed by atoms with Gasteiger partial charge in [0.2, 0.25) is 0 Å². The predicted molar refractivity (Wildman–Crippen MR) is 62.3 cm³/mol. The number of hydrogen-bond donors (Lipinski definition) is 1. The van der Waals surface area contributed by atoms with Gasteiger partial charge in [0.25, 0.3) is 5.56 Å². The van der Waals surface area contributed by atoms with Crippen LogP contribution in [0.3, 0.4) is 0 Å². The first kappa shape index (κ1) is 13.2. The van der Waals surface area contributed by atoms with Gasteiger partial charge in [0.15, 0.2) is 0 Å². The van der Waals surface area contributed by atoms with Crippen molar-refractivity contribution < 1.29 is 9.90 Å². The van der Waals surface area contributed by atoms with Crippen LogP contribution < -0.4 is 11.2 Å². The molecule has 0 amide bonds. The average molecular weight is 240 g/mol. The minimum absolute atomic E-state index is 0.131. The average Bonchev–Trinajstić information content (AvgIpc) is 2.23. The number of carboxylic acid groups (broad SMARTS) is 1. The molecule has 1 rings (SSSR count). The van der Waals surface area contributed by atoms with Crippen molar-refractivity contribution in [3.05, 3.63) is 32.1 Å². The summed E-state index contributed by atoms with van der Waals surface area (Å²) in [5.74, 6) is -1.38. The second-order valence-electron chi connectivity index (χ2n) is 4.20. The maximum atomic E-state index is 11.9. The molecule has 0 saturated heterocycles. The lowest BCUT2D eigenvalue weighted by atomic mass is 9.97. The van der Waals surface area contributed by atoms with E-state index in [0.717, 1.165) is 4.57 Å². The lowest BCUT2D eigenvalue weighted by Gasteiger charge is -2.15. The highest BCUT2D eigenvalue weighted by molar-refractivity contribution is 5.68. The first-order valence-corrected chi connectivity index (χ1v) is 5.25. The third kappa shape index (κ3) is 2.30. The summed E-state index contributed by atoms with van der Waals surface area (Å²) >= 11 is 0. The second-order valence-corrected chi connectivity index (χ2v) is 4.20. The summed E-state index contributed by atoms with van der Waals surface area (Å²) in [7, 11) is 2.95. The van der Waals surface area contributed by atoms with Crippen LogP contribution in [0, 0.1) is 6.92 Å². The lowest BCUT2D eigenvalue weighted by molar-refractivity contribution is -0.137. The Morgan fingerprint density at radius 3 is 2.29 bits per heavy atom. The van der Waals surface area contributed by atoms with Gasteiger partial charge in [-0.2, -0.15) is 0 Å². The Balaban J connectivity index is 3.50. The van der Waals surface area contributed by atoms with Crippen molar-refractivity contribution in [2.75, 3.05) is 0 Å². The topological polar surface area (TPSA) is 81.3 Å². The van der Waals surface area contributed by atoms with Gasteiger partial charge >= 0.3 is 11.7 Å². The van der Waals surface area contributed by atoms with Gasteiger partial charge in [-0.05, 0) is 12.8 Å². The second kappa shape index (κ2) is 4.57. The van der Waals surface area contributed by atoms with Gasteiger partial charge in [0.05, 0.1) is 6.42 Å². The quantitative estimate of drug-likeness (QED) is 0.804. The van der Waals surface area contributed by atoms with Gasteiger partial charge in [-0.25, -0.2) is 4.79 Å². The van der Waals surface area contributed by atoms with Crippen LogP contribution in [0.25, 0.3) is 0 Å². The third-order valence-electron chi connectivity index (χ3n) is 2.98. The molecule has 17 heavy (non-hydrogen) atoms. The summed E-state index contributed by atoms with van der Waals surface area (Å²) < 4.78 is 2.36. The normalized spacial score (nSPS) is 12.5. The van der Waals surface area contributed by atoms with Gasteiger partial charge < -0.3 is 9.67 Å². The van der Waals surface area contributed by atoms with Crippen LogP contribution in [0.1, 0.15) is 30.5 Å². The predicted octanol–water partition coefficient (Wildman–Crippen LogP) is -0.0294. The molecule has 0 spiro atoms. The summed E-state index contributed by atoms with van der Waals surface area (Å²) in [6, 6.07) is 0. The van der Waals surface area contributed by atoms with E-state index in [1.807, 2.05) is 0 Å². The number of carbonyl (C=O) groups is 1. The molecule has 6 nitrogen and oxygen atoms in total. The standard InChI is InChI=1S/C11H16N2O4/c1-6(5-8(14)15)9-7(2)12(3)11(17)13(4)10(9)16/h6H,5H2,1-4H3,(H,14,15). The van der Waals surface area contributed by atoms with E-state index in [1.54, 1.807) is 20.9 Å². The molecule has 0 aliphatic rings. The van der Waals surface area contributed by atoms with E-state index in [-0.39, 0.29) is 6.42 Å². The Hall–Kier alpha value is -1.85. The number of aromatic nitrogens is 2. The molecule has 1 aromatic rings. The van der Waals surface area contributed by atoms with Crippen molar-refractivity contribution in [2.24, 2.45) is 14.1 Å². The Morgan fingerprint density at radius 1 is 1.29 bits per heavy atom. The number of hydrogen-bond acceptors (Lipinski definition) is 3. The highest BCUT2D eigenvalue weighted by Crippen LogP contribution is 2.17. The Kier molecular flexibility index (Phi) is 3.55. The fourth-order valence-corrected chi connectivity index (χ4v) is 1.90. The molecule has 0 aliphatic carbocycles. The van der Waals surface area contributed by atoms with Crippen LogP contribution >= 0.6 is 0 Å². The Morgan fingerprint density at radius 2 is 1.82 bits per heavy atom. The zero-order valence-electron chi connectivity index (χ0n) is 10.4. The van der Waals surface area contributed by atoms with Crippen molar-refractivity contribution in [3.63, 3.8) is 0 Å². The molecule has 0 aromatic carbocycles. The monoisotopic (exact) mass is 240 g/mol. The molecule has 0 saturated carbocycles. The van der Waals surface area contributed by atoms with E-state index in [2.05, 4.69) is 0 Å². The highest BCUT2D eigenvalue weighted by Gasteiger charge is 2.19. The third-order valence-corrected chi connectivity index (χ3v) is 2.98. The van der Waals surface area contributed by atoms with Crippen molar-refractivity contribution in [1.82, 2.24) is 9.13 Å². The van der Waals surface area contributed by atoms with Crippen LogP contribution in [-0.4, -0.2) is 20.2 Å². The fraction of sp³-hybridized carbons (Fsp3) is 0.545. The van der Waals surface area contributed by atoms with E-state index in [4.69, 9.17) is 5.11 Å². The molecule has 0 fully saturated rings. The molecule has 1 aromatic heterocycles. The first-order chi connectivity index (χ1) is 7.77. The van der Waals surface area contributed by atoms with Crippen molar-refractivity contribution in [3.8, 4) is 0 Å². The smallest absolute Gasteiger partial charge is 0.330 e. The van der Waals surface area contributed by atoms with Crippen LogP contribution in [0.5, 0.6) is 0 Å². The van der Waals surface area contributed by atoms with E-state index in [9.17, 15) is 14.4 Å². The Bertz CT molecular complexity index is 568. The number of nitrogens with zero attached hydrogens (tertiary/aromatic N) is 2. The maximum Gasteiger partial charge on any atom is 0.330 e. The van der Waals surface area contributed by atoms with Crippen LogP contribution in [-0.2, 0) is 18.9 Å². The zero-order chi connectivity index (χ0) is 13.3. The Labute approximate surface area is 98.1 Å². The number of rotatable bonds is 3. The van der Waals surface area contributed by atoms with Crippen LogP contribution in [0.4, 0.5) is 0 Å². The molecule has 1 N–H and O–H groups in total. The summed E-state index contributed by atoms with van der Waals surface area (Å²) in [5.41, 5.74) is 0.0852. The minimum Gasteiger partial charge on any atom is -0.481 e. The minimum atomic E-state index is -0.965. The lowest BCUT2D eigenvalue weighted by Crippen LogP contribution is -2.41. The molecule has 1 heterocycles. The van der Waals surface area contributed by atoms with Gasteiger partial charge in [0.1, 0.15) is 0 Å². The molecule has 94 valence electrons.